The first-order valence-electron chi connectivity index (χ1n) is 5.94. The van der Waals surface area contributed by atoms with Crippen LogP contribution in [0.15, 0.2) is 35.3 Å². The summed E-state index contributed by atoms with van der Waals surface area (Å²) in [5, 5.41) is 12.1. The van der Waals surface area contributed by atoms with Crippen molar-refractivity contribution in [3.63, 3.8) is 0 Å². The van der Waals surface area contributed by atoms with E-state index >= 15 is 0 Å². The summed E-state index contributed by atoms with van der Waals surface area (Å²) in [6, 6.07) is 9.98. The van der Waals surface area contributed by atoms with Crippen LogP contribution in [-0.2, 0) is 6.54 Å². The topological polar surface area (TPSA) is 70.6 Å². The molecule has 0 saturated carbocycles. The Labute approximate surface area is 103 Å². The lowest BCUT2D eigenvalue weighted by Gasteiger charge is -2.06. The second-order valence-corrected chi connectivity index (χ2v) is 4.11. The highest BCUT2D eigenvalue weighted by Crippen LogP contribution is 1.99. The molecule has 0 aliphatic carbocycles. The van der Waals surface area contributed by atoms with Crippen LogP contribution in [0.25, 0.3) is 0 Å². The van der Waals surface area contributed by atoms with Gasteiger partial charge >= 0.3 is 0 Å². The summed E-state index contributed by atoms with van der Waals surface area (Å²) >= 11 is 0. The third-order valence-electron chi connectivity index (χ3n) is 2.38. The molecule has 0 amide bonds. The van der Waals surface area contributed by atoms with Crippen LogP contribution in [0.3, 0.4) is 0 Å². The van der Waals surface area contributed by atoms with Crippen molar-refractivity contribution >= 4 is 5.96 Å². The van der Waals surface area contributed by atoms with Gasteiger partial charge in [-0.1, -0.05) is 30.3 Å². The second-order valence-electron chi connectivity index (χ2n) is 4.11. The fourth-order valence-electron chi connectivity index (χ4n) is 1.43. The highest BCUT2D eigenvalue weighted by molar-refractivity contribution is 5.77. The zero-order chi connectivity index (χ0) is 12.5. The zero-order valence-corrected chi connectivity index (χ0v) is 10.3. The number of hydrogen-bond donors (Lipinski definition) is 3. The van der Waals surface area contributed by atoms with Crippen LogP contribution in [0.1, 0.15) is 25.3 Å². The van der Waals surface area contributed by atoms with Gasteiger partial charge in [0.05, 0.1) is 12.6 Å². The Morgan fingerprint density at radius 1 is 1.41 bits per heavy atom. The molecule has 0 radical (unpaired) electrons. The molecule has 1 aromatic rings. The largest absolute Gasteiger partial charge is 0.393 e. The van der Waals surface area contributed by atoms with Crippen molar-refractivity contribution in [3.8, 4) is 0 Å². The molecule has 4 heteroatoms. The monoisotopic (exact) mass is 235 g/mol. The van der Waals surface area contributed by atoms with Crippen molar-refractivity contribution in [1.29, 1.82) is 0 Å². The van der Waals surface area contributed by atoms with E-state index in [-0.39, 0.29) is 6.10 Å². The molecular formula is C13H21N3O. The summed E-state index contributed by atoms with van der Waals surface area (Å²) < 4.78 is 0. The third kappa shape index (κ3) is 6.58. The first-order chi connectivity index (χ1) is 8.18. The van der Waals surface area contributed by atoms with E-state index < -0.39 is 0 Å². The van der Waals surface area contributed by atoms with Crippen LogP contribution >= 0.6 is 0 Å². The maximum atomic E-state index is 9.08. The summed E-state index contributed by atoms with van der Waals surface area (Å²) in [5.41, 5.74) is 6.85. The summed E-state index contributed by atoms with van der Waals surface area (Å²) in [5.74, 6) is 0.458. The highest BCUT2D eigenvalue weighted by Gasteiger charge is 1.96. The molecule has 4 nitrogen and oxygen atoms in total. The van der Waals surface area contributed by atoms with Crippen LogP contribution in [-0.4, -0.2) is 23.7 Å². The first kappa shape index (κ1) is 13.5. The van der Waals surface area contributed by atoms with E-state index in [0.717, 1.165) is 24.9 Å². The fraction of sp³-hybridized carbons (Fsp3) is 0.462. The quantitative estimate of drug-likeness (QED) is 0.395. The molecule has 0 aliphatic rings. The number of nitrogens with two attached hydrogens (primary N) is 1. The van der Waals surface area contributed by atoms with Crippen molar-refractivity contribution < 1.29 is 5.11 Å². The number of aliphatic imine (C=N–C) groups is 1. The number of benzene rings is 1. The Balaban J connectivity index is 2.21. The third-order valence-corrected chi connectivity index (χ3v) is 2.38. The van der Waals surface area contributed by atoms with Gasteiger partial charge in [0.15, 0.2) is 5.96 Å². The van der Waals surface area contributed by atoms with Crippen molar-refractivity contribution in [1.82, 2.24) is 5.32 Å². The lowest BCUT2D eigenvalue weighted by molar-refractivity contribution is 0.182. The molecule has 0 aliphatic heterocycles. The number of aliphatic hydroxyl groups is 1. The molecule has 0 heterocycles. The normalized spacial score (nSPS) is 13.4. The van der Waals surface area contributed by atoms with E-state index in [2.05, 4.69) is 10.3 Å². The Kier molecular flexibility index (Phi) is 6.10. The van der Waals surface area contributed by atoms with Gasteiger partial charge in [0, 0.05) is 6.54 Å². The van der Waals surface area contributed by atoms with Crippen LogP contribution in [0.2, 0.25) is 0 Å². The minimum atomic E-state index is -0.251. The zero-order valence-electron chi connectivity index (χ0n) is 10.3. The molecule has 1 unspecified atom stereocenters. The molecular weight excluding hydrogens is 214 g/mol. The maximum Gasteiger partial charge on any atom is 0.188 e. The van der Waals surface area contributed by atoms with E-state index in [1.165, 1.54) is 0 Å². The molecule has 17 heavy (non-hydrogen) atoms. The van der Waals surface area contributed by atoms with Crippen molar-refractivity contribution in [3.05, 3.63) is 35.9 Å². The number of guanidine groups is 1. The predicted molar refractivity (Wildman–Crippen MR) is 70.7 cm³/mol. The Morgan fingerprint density at radius 3 is 2.76 bits per heavy atom. The van der Waals surface area contributed by atoms with Gasteiger partial charge < -0.3 is 16.2 Å². The highest BCUT2D eigenvalue weighted by atomic mass is 16.3. The molecule has 0 aromatic heterocycles. The van der Waals surface area contributed by atoms with Gasteiger partial charge in [-0.05, 0) is 25.3 Å². The molecule has 94 valence electrons. The Bertz CT molecular complexity index is 336. The lowest BCUT2D eigenvalue weighted by atomic mass is 10.2. The van der Waals surface area contributed by atoms with Crippen LogP contribution in [0, 0.1) is 0 Å². The number of aliphatic hydroxyl groups excluding tert-OH is 1. The summed E-state index contributed by atoms with van der Waals surface area (Å²) in [4.78, 5) is 4.23. The smallest absolute Gasteiger partial charge is 0.188 e. The molecule has 1 aromatic carbocycles. The molecule has 0 bridgehead atoms. The Morgan fingerprint density at radius 2 is 2.12 bits per heavy atom. The average Bonchev–Trinajstić information content (AvgIpc) is 2.33. The SMILES string of the molecule is CC(O)CCCNC(N)=NCc1ccccc1. The summed E-state index contributed by atoms with van der Waals surface area (Å²) in [6.45, 7) is 3.12. The molecule has 4 N–H and O–H groups in total. The van der Waals surface area contributed by atoms with Gasteiger partial charge in [-0.15, -0.1) is 0 Å². The van der Waals surface area contributed by atoms with Gasteiger partial charge in [-0.3, -0.25) is 0 Å². The molecule has 1 atom stereocenters. The number of nitrogens with zero attached hydrogens (tertiary/aromatic N) is 1. The fourth-order valence-corrected chi connectivity index (χ4v) is 1.43. The molecule has 0 spiro atoms. The van der Waals surface area contributed by atoms with Crippen molar-refractivity contribution in [2.45, 2.75) is 32.4 Å². The number of rotatable bonds is 6. The summed E-state index contributed by atoms with van der Waals surface area (Å²) in [6.07, 6.45) is 1.41. The first-order valence-corrected chi connectivity index (χ1v) is 5.94. The Hall–Kier alpha value is -1.55. The molecule has 0 saturated heterocycles. The van der Waals surface area contributed by atoms with Crippen LogP contribution in [0.4, 0.5) is 0 Å². The number of hydrogen-bond acceptors (Lipinski definition) is 2. The van der Waals surface area contributed by atoms with Gasteiger partial charge in [0.2, 0.25) is 0 Å². The van der Waals surface area contributed by atoms with Crippen LogP contribution in [0.5, 0.6) is 0 Å². The predicted octanol–water partition coefficient (Wildman–Crippen LogP) is 1.25. The average molecular weight is 235 g/mol. The maximum absolute atomic E-state index is 9.08. The minimum absolute atomic E-state index is 0.251. The van der Waals surface area contributed by atoms with E-state index in [9.17, 15) is 0 Å². The van der Waals surface area contributed by atoms with E-state index in [1.54, 1.807) is 6.92 Å². The molecule has 1 rings (SSSR count). The van der Waals surface area contributed by atoms with Gasteiger partial charge in [-0.25, -0.2) is 4.99 Å². The molecule has 0 fully saturated rings. The minimum Gasteiger partial charge on any atom is -0.393 e. The lowest BCUT2D eigenvalue weighted by Crippen LogP contribution is -2.32. The van der Waals surface area contributed by atoms with Crippen molar-refractivity contribution in [2.24, 2.45) is 10.7 Å². The van der Waals surface area contributed by atoms with Crippen LogP contribution < -0.4 is 11.1 Å². The van der Waals surface area contributed by atoms with Gasteiger partial charge in [0.1, 0.15) is 0 Å². The summed E-state index contributed by atoms with van der Waals surface area (Å²) in [7, 11) is 0. The van der Waals surface area contributed by atoms with Gasteiger partial charge in [0.25, 0.3) is 0 Å². The van der Waals surface area contributed by atoms with Crippen molar-refractivity contribution in [2.75, 3.05) is 6.54 Å². The van der Waals surface area contributed by atoms with Gasteiger partial charge in [-0.2, -0.15) is 0 Å². The van der Waals surface area contributed by atoms with E-state index in [4.69, 9.17) is 10.8 Å². The standard InChI is InChI=1S/C13H21N3O/c1-11(17)6-5-9-15-13(14)16-10-12-7-3-2-4-8-12/h2-4,7-8,11,17H,5-6,9-10H2,1H3,(H3,14,15,16). The number of nitrogens with one attached hydrogen (secondary N) is 1. The van der Waals surface area contributed by atoms with E-state index in [0.29, 0.717) is 12.5 Å². The second kappa shape index (κ2) is 7.68. The van der Waals surface area contributed by atoms with E-state index in [1.807, 2.05) is 30.3 Å².